The van der Waals surface area contributed by atoms with Crippen molar-refractivity contribution in [1.29, 1.82) is 0 Å². The first kappa shape index (κ1) is 40.5. The van der Waals surface area contributed by atoms with Crippen molar-refractivity contribution in [1.82, 2.24) is 0 Å². The molecule has 4 amide bonds. The molecule has 3 aromatic rings. The molecule has 24 heteroatoms. The second-order valence-electron chi connectivity index (χ2n) is 11.3. The summed E-state index contributed by atoms with van der Waals surface area (Å²) in [6, 6.07) is 6.71. The third-order valence-corrected chi connectivity index (χ3v) is 7.96. The number of hydrogen-bond donors (Lipinski definition) is 0. The number of ether oxygens (including phenoxy) is 1. The number of rotatable bonds is 10. The van der Waals surface area contributed by atoms with Crippen molar-refractivity contribution in [2.24, 2.45) is 0 Å². The van der Waals surface area contributed by atoms with Gasteiger partial charge in [-0.05, 0) is 30.3 Å². The van der Waals surface area contributed by atoms with Gasteiger partial charge in [0.25, 0.3) is 23.6 Å². The van der Waals surface area contributed by atoms with E-state index in [-0.39, 0.29) is 44.2 Å². The minimum Gasteiger partial charge on any atom is -0.429 e. The molecule has 0 aliphatic carbocycles. The first-order chi connectivity index (χ1) is 25.0. The maximum absolute atomic E-state index is 14.9. The number of carbonyl (C=O) groups is 4. The van der Waals surface area contributed by atoms with Crippen LogP contribution in [0.4, 0.5) is 86.0 Å². The molecule has 0 aromatic heterocycles. The van der Waals surface area contributed by atoms with Crippen LogP contribution in [-0.2, 0) is 0 Å². The Morgan fingerprint density at radius 2 is 0.764 bits per heavy atom. The summed E-state index contributed by atoms with van der Waals surface area (Å²) in [5.74, 6) is -62.0. The van der Waals surface area contributed by atoms with Crippen molar-refractivity contribution in [2.75, 3.05) is 9.80 Å². The topological polar surface area (TPSA) is 84.0 Å². The monoisotopic (exact) mass is 814 g/mol. The van der Waals surface area contributed by atoms with Gasteiger partial charge in [-0.1, -0.05) is 24.3 Å². The summed E-state index contributed by atoms with van der Waals surface area (Å²) in [6.45, 7) is 0. The van der Waals surface area contributed by atoms with E-state index in [1.54, 1.807) is 0 Å². The van der Waals surface area contributed by atoms with Gasteiger partial charge < -0.3 is 4.74 Å². The molecule has 0 radical (unpaired) electrons. The molecule has 2 aliphatic rings. The Morgan fingerprint density at radius 1 is 0.455 bits per heavy atom. The van der Waals surface area contributed by atoms with Gasteiger partial charge in [0.2, 0.25) is 5.83 Å². The Kier molecular flexibility index (Phi) is 9.13. The Bertz CT molecular complexity index is 2020. The van der Waals surface area contributed by atoms with Gasteiger partial charge in [0.1, 0.15) is 5.75 Å². The second kappa shape index (κ2) is 12.4. The first-order valence-electron chi connectivity index (χ1n) is 14.2. The van der Waals surface area contributed by atoms with Gasteiger partial charge >= 0.3 is 47.7 Å². The lowest BCUT2D eigenvalue weighted by molar-refractivity contribution is -0.451. The third kappa shape index (κ3) is 5.57. The van der Waals surface area contributed by atoms with Crippen molar-refractivity contribution in [3.05, 3.63) is 101 Å². The molecule has 0 atom stereocenters. The Balaban J connectivity index is 1.60. The molecule has 0 saturated heterocycles. The van der Waals surface area contributed by atoms with Crippen molar-refractivity contribution in [2.45, 2.75) is 41.7 Å². The van der Waals surface area contributed by atoms with E-state index in [1.807, 2.05) is 0 Å². The van der Waals surface area contributed by atoms with E-state index >= 15 is 0 Å². The van der Waals surface area contributed by atoms with E-state index in [2.05, 4.69) is 4.74 Å². The molecular formula is C31H11F17N2O5. The lowest BCUT2D eigenvalue weighted by atomic mass is 9.91. The zero-order chi connectivity index (χ0) is 41.6. The van der Waals surface area contributed by atoms with Gasteiger partial charge in [0.15, 0.2) is 0 Å². The zero-order valence-electron chi connectivity index (χ0n) is 25.7. The van der Waals surface area contributed by atoms with E-state index in [4.69, 9.17) is 0 Å². The highest BCUT2D eigenvalue weighted by Crippen LogP contribution is 2.63. The lowest BCUT2D eigenvalue weighted by Crippen LogP contribution is -2.72. The summed E-state index contributed by atoms with van der Waals surface area (Å²) in [5.41, 5.74) is -3.07. The molecule has 7 nitrogen and oxygen atoms in total. The summed E-state index contributed by atoms with van der Waals surface area (Å²) in [4.78, 5) is 52.8. The van der Waals surface area contributed by atoms with Crippen LogP contribution in [0.3, 0.4) is 0 Å². The Hall–Kier alpha value is -5.71. The number of carbonyl (C=O) groups excluding carboxylic acids is 4. The average molecular weight is 814 g/mol. The van der Waals surface area contributed by atoms with Gasteiger partial charge in [-0.15, -0.1) is 0 Å². The van der Waals surface area contributed by atoms with Crippen molar-refractivity contribution in [3.8, 4) is 5.75 Å². The molecule has 0 saturated carbocycles. The van der Waals surface area contributed by atoms with Crippen LogP contribution in [-0.4, -0.2) is 65.3 Å². The lowest BCUT2D eigenvalue weighted by Gasteiger charge is -2.41. The van der Waals surface area contributed by atoms with Crippen molar-refractivity contribution >= 4 is 35.0 Å². The quantitative estimate of drug-likeness (QED) is 0.116. The van der Waals surface area contributed by atoms with Gasteiger partial charge in [-0.25, -0.2) is 9.80 Å². The average Bonchev–Trinajstić information content (AvgIpc) is 3.50. The smallest absolute Gasteiger partial charge is 0.429 e. The third-order valence-electron chi connectivity index (χ3n) is 7.96. The minimum atomic E-state index is -8.80. The number of benzene rings is 3. The number of imide groups is 2. The number of allylic oxidation sites excluding steroid dienone is 1. The SMILES string of the molecule is O=C1c2ccccc2C(=O)N1c1cc(OC(F)=C(F)C(F)(F)C(F)(F)C(F)(F)C(F)(F)C(F)(F)C(F)(F)C(F)(F)F)cc(N2C(=O)c3ccccc3C2=O)c1. The highest BCUT2D eigenvalue weighted by atomic mass is 19.4. The Morgan fingerprint density at radius 3 is 1.09 bits per heavy atom. The molecule has 294 valence electrons. The number of nitrogens with zero attached hydrogens (tertiary/aromatic N) is 2. The van der Waals surface area contributed by atoms with Crippen LogP contribution in [0.15, 0.2) is 78.6 Å². The molecule has 0 N–H and O–H groups in total. The number of anilines is 2. The summed E-state index contributed by atoms with van der Waals surface area (Å²) >= 11 is 0. The van der Waals surface area contributed by atoms with E-state index in [0.29, 0.717) is 6.07 Å². The summed E-state index contributed by atoms with van der Waals surface area (Å²) in [7, 11) is 0. The number of amides is 4. The number of hydrogen-bond acceptors (Lipinski definition) is 5. The van der Waals surface area contributed by atoms with Crippen LogP contribution in [0.2, 0.25) is 0 Å². The summed E-state index contributed by atoms with van der Waals surface area (Å²) in [5, 5.41) is 0. The Labute approximate surface area is 292 Å². The van der Waals surface area contributed by atoms with Gasteiger partial charge in [0, 0.05) is 12.1 Å². The second-order valence-corrected chi connectivity index (χ2v) is 11.3. The highest BCUT2D eigenvalue weighted by Gasteiger charge is 2.94. The van der Waals surface area contributed by atoms with E-state index in [0.717, 1.165) is 24.3 Å². The molecule has 5 rings (SSSR count). The molecule has 3 aromatic carbocycles. The molecular weight excluding hydrogens is 803 g/mol. The van der Waals surface area contributed by atoms with Crippen molar-refractivity contribution in [3.63, 3.8) is 0 Å². The minimum absolute atomic E-state index is 0.208. The zero-order valence-corrected chi connectivity index (χ0v) is 25.7. The van der Waals surface area contributed by atoms with Crippen molar-refractivity contribution < 1.29 is 98.6 Å². The van der Waals surface area contributed by atoms with Crippen LogP contribution in [0.5, 0.6) is 5.75 Å². The molecule has 0 unspecified atom stereocenters. The number of fused-ring (bicyclic) bond motifs is 2. The molecule has 0 bridgehead atoms. The number of alkyl halides is 15. The summed E-state index contributed by atoms with van der Waals surface area (Å²) in [6.07, 6.45) is -7.90. The van der Waals surface area contributed by atoms with Gasteiger partial charge in [0.05, 0.1) is 33.6 Å². The molecule has 2 aliphatic heterocycles. The predicted octanol–water partition coefficient (Wildman–Crippen LogP) is 9.15. The van der Waals surface area contributed by atoms with Gasteiger partial charge in [-0.3, -0.25) is 19.2 Å². The van der Waals surface area contributed by atoms with E-state index < -0.39 is 94.3 Å². The maximum Gasteiger partial charge on any atom is 0.460 e. The molecule has 55 heavy (non-hydrogen) atoms. The van der Waals surface area contributed by atoms with Crippen LogP contribution in [0.1, 0.15) is 41.4 Å². The van der Waals surface area contributed by atoms with E-state index in [9.17, 15) is 93.8 Å². The van der Waals surface area contributed by atoms with Crippen LogP contribution < -0.4 is 14.5 Å². The fraction of sp³-hybridized carbons (Fsp3) is 0.226. The standard InChI is InChI=1S/C31H11F17N2O5/c32-19(25(34,35)26(36,37)27(38,39)28(40,41)29(42,43)30(44,45)31(46,47)48)20(33)55-14-10-12(49-21(51)15-5-1-2-6-16(15)22(49)52)9-13(11-14)50-23(53)17-7-3-4-8-18(17)24(50)54/h1-11H. The fourth-order valence-corrected chi connectivity index (χ4v) is 5.11. The number of halogens is 17. The summed E-state index contributed by atoms with van der Waals surface area (Å²) < 4.78 is 237. The van der Waals surface area contributed by atoms with Crippen LogP contribution in [0.25, 0.3) is 0 Å². The molecule has 0 spiro atoms. The fourth-order valence-electron chi connectivity index (χ4n) is 5.11. The molecule has 2 heterocycles. The first-order valence-corrected chi connectivity index (χ1v) is 14.2. The van der Waals surface area contributed by atoms with E-state index in [1.165, 1.54) is 24.3 Å². The van der Waals surface area contributed by atoms with Crippen LogP contribution >= 0.6 is 0 Å². The largest absolute Gasteiger partial charge is 0.460 e. The predicted molar refractivity (Wildman–Crippen MR) is 147 cm³/mol. The molecule has 0 fully saturated rings. The van der Waals surface area contributed by atoms with Gasteiger partial charge in [-0.2, -0.15) is 74.6 Å². The normalized spacial score (nSPS) is 16.5. The van der Waals surface area contributed by atoms with Crippen LogP contribution in [0, 0.1) is 0 Å². The maximum atomic E-state index is 14.9. The highest BCUT2D eigenvalue weighted by molar-refractivity contribution is 6.36.